The fourth-order valence-electron chi connectivity index (χ4n) is 1.44. The molecule has 0 aromatic heterocycles. The Kier molecular flexibility index (Phi) is 5.98. The fourth-order valence-corrected chi connectivity index (χ4v) is 2.04. The summed E-state index contributed by atoms with van der Waals surface area (Å²) in [5, 5.41) is 2.12. The molecule has 0 radical (unpaired) electrons. The van der Waals surface area contributed by atoms with E-state index in [0.717, 1.165) is 0 Å². The number of halogens is 3. The molecule has 1 amide bonds. The van der Waals surface area contributed by atoms with Crippen molar-refractivity contribution >= 4 is 15.7 Å². The van der Waals surface area contributed by atoms with Crippen LogP contribution in [0.15, 0.2) is 36.9 Å². The Bertz CT molecular complexity index is 641. The number of ether oxygens (including phenoxy) is 1. The van der Waals surface area contributed by atoms with Crippen molar-refractivity contribution in [1.82, 2.24) is 5.32 Å². The maximum Gasteiger partial charge on any atom is 0.497 e. The highest BCUT2D eigenvalue weighted by Gasteiger charge is 2.44. The molecule has 5 nitrogen and oxygen atoms in total. The second-order valence-electron chi connectivity index (χ2n) is 4.12. The minimum absolute atomic E-state index is 0.0914. The summed E-state index contributed by atoms with van der Waals surface area (Å²) in [6.07, 6.45) is 1.46. The van der Waals surface area contributed by atoms with Crippen LogP contribution in [0.4, 0.5) is 13.2 Å². The van der Waals surface area contributed by atoms with Crippen molar-refractivity contribution < 1.29 is 31.1 Å². The third-order valence-electron chi connectivity index (χ3n) is 2.50. The molecule has 1 N–H and O–H groups in total. The molecular formula is C13H14F3NO4S. The zero-order valence-electron chi connectivity index (χ0n) is 11.4. The van der Waals surface area contributed by atoms with Crippen LogP contribution in [0.25, 0.3) is 0 Å². The molecule has 22 heavy (non-hydrogen) atoms. The molecule has 0 atom stereocenters. The first-order chi connectivity index (χ1) is 10.2. The highest BCUT2D eigenvalue weighted by atomic mass is 32.2. The number of rotatable bonds is 7. The molecule has 0 unspecified atom stereocenters. The highest BCUT2D eigenvalue weighted by molar-refractivity contribution is 7.92. The Balaban J connectivity index is 2.69. The highest BCUT2D eigenvalue weighted by Crippen LogP contribution is 2.23. The lowest BCUT2D eigenvalue weighted by molar-refractivity contribution is -0.0435. The molecule has 0 aliphatic rings. The quantitative estimate of drug-likeness (QED) is 0.772. The van der Waals surface area contributed by atoms with Crippen LogP contribution >= 0.6 is 0 Å². The SMILES string of the molecule is C=CCOc1ccccc1C(=O)NCCS(=O)(=O)C(F)(F)F. The Labute approximate surface area is 125 Å². The second-order valence-corrected chi connectivity index (χ2v) is 6.22. The van der Waals surface area contributed by atoms with Gasteiger partial charge in [0.2, 0.25) is 9.84 Å². The Hall–Kier alpha value is -2.03. The van der Waals surface area contributed by atoms with Crippen LogP contribution in [0.3, 0.4) is 0 Å². The van der Waals surface area contributed by atoms with Crippen molar-refractivity contribution in [3.05, 3.63) is 42.5 Å². The maximum atomic E-state index is 12.2. The molecule has 0 aliphatic heterocycles. The van der Waals surface area contributed by atoms with Crippen LogP contribution in [-0.4, -0.2) is 38.7 Å². The number of carbonyl (C=O) groups excluding carboxylic acids is 1. The standard InChI is InChI=1S/C13H14F3NO4S/c1-2-8-21-11-6-4-3-5-10(11)12(18)17-7-9-22(19,20)13(14,15)16/h2-6H,1,7-9H2,(H,17,18). The monoisotopic (exact) mass is 337 g/mol. The van der Waals surface area contributed by atoms with Crippen LogP contribution in [0.1, 0.15) is 10.4 Å². The zero-order valence-corrected chi connectivity index (χ0v) is 12.2. The average molecular weight is 337 g/mol. The van der Waals surface area contributed by atoms with Crippen LogP contribution in [0.2, 0.25) is 0 Å². The van der Waals surface area contributed by atoms with Crippen molar-refractivity contribution in [1.29, 1.82) is 0 Å². The normalized spacial score (nSPS) is 11.8. The van der Waals surface area contributed by atoms with Gasteiger partial charge in [-0.15, -0.1) is 0 Å². The van der Waals surface area contributed by atoms with Crippen molar-refractivity contribution in [2.45, 2.75) is 5.51 Å². The van der Waals surface area contributed by atoms with E-state index in [-0.39, 0.29) is 17.9 Å². The summed E-state index contributed by atoms with van der Waals surface area (Å²) in [7, 11) is -5.26. The van der Waals surface area contributed by atoms with Gasteiger partial charge in [0.1, 0.15) is 12.4 Å². The minimum Gasteiger partial charge on any atom is -0.489 e. The second kappa shape index (κ2) is 7.30. The van der Waals surface area contributed by atoms with E-state index in [4.69, 9.17) is 4.74 Å². The van der Waals surface area contributed by atoms with Gasteiger partial charge in [0.25, 0.3) is 5.91 Å². The number of nitrogens with one attached hydrogen (secondary N) is 1. The molecule has 0 heterocycles. The van der Waals surface area contributed by atoms with Crippen molar-refractivity contribution in [3.63, 3.8) is 0 Å². The van der Waals surface area contributed by atoms with E-state index in [1.807, 2.05) is 0 Å². The smallest absolute Gasteiger partial charge is 0.489 e. The van der Waals surface area contributed by atoms with Gasteiger partial charge < -0.3 is 10.1 Å². The third-order valence-corrected chi connectivity index (χ3v) is 3.94. The number of carbonyl (C=O) groups is 1. The average Bonchev–Trinajstić information content (AvgIpc) is 2.44. The summed E-state index contributed by atoms with van der Waals surface area (Å²) >= 11 is 0. The molecule has 0 aliphatic carbocycles. The summed E-state index contributed by atoms with van der Waals surface area (Å²) in [6, 6.07) is 6.07. The molecule has 0 fully saturated rings. The molecule has 0 saturated carbocycles. The number of alkyl halides is 3. The molecule has 1 aromatic carbocycles. The van der Waals surface area contributed by atoms with Crippen LogP contribution in [-0.2, 0) is 9.84 Å². The lowest BCUT2D eigenvalue weighted by Gasteiger charge is -2.11. The van der Waals surface area contributed by atoms with E-state index in [0.29, 0.717) is 0 Å². The van der Waals surface area contributed by atoms with Gasteiger partial charge in [0.05, 0.1) is 11.3 Å². The summed E-state index contributed by atoms with van der Waals surface area (Å²) in [4.78, 5) is 11.9. The van der Waals surface area contributed by atoms with Gasteiger partial charge in [-0.3, -0.25) is 4.79 Å². The fraction of sp³-hybridized carbons (Fsp3) is 0.308. The first-order valence-corrected chi connectivity index (χ1v) is 7.74. The van der Waals surface area contributed by atoms with Gasteiger partial charge in [0.15, 0.2) is 0 Å². The largest absolute Gasteiger partial charge is 0.497 e. The molecule has 1 rings (SSSR count). The van der Waals surface area contributed by atoms with Crippen LogP contribution in [0.5, 0.6) is 5.75 Å². The van der Waals surface area contributed by atoms with Gasteiger partial charge in [-0.1, -0.05) is 24.8 Å². The lowest BCUT2D eigenvalue weighted by Crippen LogP contribution is -2.34. The Morgan fingerprint density at radius 2 is 1.95 bits per heavy atom. The molecular weight excluding hydrogens is 323 g/mol. The van der Waals surface area contributed by atoms with E-state index in [1.165, 1.54) is 18.2 Å². The lowest BCUT2D eigenvalue weighted by atomic mass is 10.2. The van der Waals surface area contributed by atoms with E-state index in [9.17, 15) is 26.4 Å². The van der Waals surface area contributed by atoms with E-state index in [1.54, 1.807) is 12.1 Å². The summed E-state index contributed by atoms with van der Waals surface area (Å²) in [5.74, 6) is -1.73. The number of benzene rings is 1. The number of hydrogen-bond acceptors (Lipinski definition) is 4. The third kappa shape index (κ3) is 4.76. The van der Waals surface area contributed by atoms with Crippen molar-refractivity contribution in [3.8, 4) is 5.75 Å². The van der Waals surface area contributed by atoms with Gasteiger partial charge in [-0.25, -0.2) is 8.42 Å². The number of sulfone groups is 1. The van der Waals surface area contributed by atoms with Gasteiger partial charge in [0, 0.05) is 6.54 Å². The Morgan fingerprint density at radius 3 is 2.55 bits per heavy atom. The van der Waals surface area contributed by atoms with Crippen molar-refractivity contribution in [2.75, 3.05) is 18.9 Å². The first-order valence-electron chi connectivity index (χ1n) is 6.09. The topological polar surface area (TPSA) is 72.5 Å². The van der Waals surface area contributed by atoms with Gasteiger partial charge in [-0.05, 0) is 12.1 Å². The zero-order chi connectivity index (χ0) is 16.8. The molecule has 0 spiro atoms. The Morgan fingerprint density at radius 1 is 1.32 bits per heavy atom. The van der Waals surface area contributed by atoms with E-state index < -0.39 is 33.6 Å². The summed E-state index contributed by atoms with van der Waals surface area (Å²) < 4.78 is 63.4. The minimum atomic E-state index is -5.33. The summed E-state index contributed by atoms with van der Waals surface area (Å²) in [6.45, 7) is 2.94. The first kappa shape index (κ1) is 18.0. The van der Waals surface area contributed by atoms with Gasteiger partial charge >= 0.3 is 5.51 Å². The van der Waals surface area contributed by atoms with E-state index in [2.05, 4.69) is 11.9 Å². The molecule has 0 bridgehead atoms. The van der Waals surface area contributed by atoms with E-state index >= 15 is 0 Å². The predicted molar refractivity (Wildman–Crippen MR) is 74.3 cm³/mol. The number of hydrogen-bond donors (Lipinski definition) is 1. The van der Waals surface area contributed by atoms with Crippen LogP contribution in [0, 0.1) is 0 Å². The molecule has 0 saturated heterocycles. The van der Waals surface area contributed by atoms with Crippen molar-refractivity contribution in [2.24, 2.45) is 0 Å². The number of para-hydroxylation sites is 1. The van der Waals surface area contributed by atoms with Gasteiger partial charge in [-0.2, -0.15) is 13.2 Å². The molecule has 122 valence electrons. The molecule has 9 heteroatoms. The predicted octanol–water partition coefficient (Wildman–Crippen LogP) is 1.92. The van der Waals surface area contributed by atoms with Crippen LogP contribution < -0.4 is 10.1 Å². The maximum absolute atomic E-state index is 12.2. The molecule has 1 aromatic rings. The number of amides is 1. The summed E-state index contributed by atoms with van der Waals surface area (Å²) in [5.41, 5.74) is -5.24.